The van der Waals surface area contributed by atoms with E-state index in [1.165, 1.54) is 4.31 Å². The normalized spacial score (nSPS) is 29.1. The number of ether oxygens (including phenoxy) is 1. The van der Waals surface area contributed by atoms with Crippen molar-refractivity contribution in [1.29, 1.82) is 0 Å². The maximum Gasteiger partial charge on any atom is 0.272 e. The topological polar surface area (TPSA) is 98.4 Å². The summed E-state index contributed by atoms with van der Waals surface area (Å²) < 4.78 is 32.4. The number of sulfonamides is 1. The van der Waals surface area contributed by atoms with Crippen molar-refractivity contribution in [3.8, 4) is 0 Å². The molecule has 1 aliphatic carbocycles. The number of rotatable bonds is 2. The Balaban J connectivity index is 1.91. The Hall–Kier alpha value is -0.770. The van der Waals surface area contributed by atoms with Gasteiger partial charge in [0.25, 0.3) is 10.0 Å². The molecule has 106 valence electrons. The SMILES string of the molecule is Nc1nnc(S(=O)(=O)N2CCOC3CCCCC32)s1. The lowest BCUT2D eigenvalue weighted by Crippen LogP contribution is -2.54. The Morgan fingerprint density at radius 3 is 2.84 bits per heavy atom. The van der Waals surface area contributed by atoms with E-state index in [9.17, 15) is 8.42 Å². The summed E-state index contributed by atoms with van der Waals surface area (Å²) in [6.45, 7) is 0.817. The van der Waals surface area contributed by atoms with E-state index in [0.29, 0.717) is 13.2 Å². The molecule has 1 saturated heterocycles. The minimum absolute atomic E-state index is 0.0162. The summed E-state index contributed by atoms with van der Waals surface area (Å²) in [4.78, 5) is 0. The van der Waals surface area contributed by atoms with Crippen LogP contribution in [0.25, 0.3) is 0 Å². The Morgan fingerprint density at radius 2 is 2.11 bits per heavy atom. The standard InChI is InChI=1S/C10H16N4O3S2/c11-9-12-13-10(18-9)19(15,16)14-5-6-17-8-4-2-1-3-7(8)14/h7-8H,1-6H2,(H2,11,12). The molecule has 1 aromatic heterocycles. The third kappa shape index (κ3) is 2.35. The smallest absolute Gasteiger partial charge is 0.272 e. The van der Waals surface area contributed by atoms with Crippen molar-refractivity contribution in [2.24, 2.45) is 0 Å². The van der Waals surface area contributed by atoms with E-state index >= 15 is 0 Å². The second-order valence-corrected chi connectivity index (χ2v) is 7.86. The Labute approximate surface area is 115 Å². The van der Waals surface area contributed by atoms with Gasteiger partial charge in [-0.15, -0.1) is 10.2 Å². The molecule has 2 aliphatic rings. The molecule has 7 nitrogen and oxygen atoms in total. The number of nitrogen functional groups attached to an aromatic ring is 1. The first-order chi connectivity index (χ1) is 9.09. The molecule has 2 fully saturated rings. The number of morpholine rings is 1. The van der Waals surface area contributed by atoms with E-state index in [0.717, 1.165) is 37.0 Å². The minimum atomic E-state index is -3.59. The number of hydrogen-bond acceptors (Lipinski definition) is 7. The molecule has 0 aromatic carbocycles. The fourth-order valence-corrected chi connectivity index (χ4v) is 5.35. The first-order valence-electron chi connectivity index (χ1n) is 6.31. The van der Waals surface area contributed by atoms with Gasteiger partial charge < -0.3 is 10.5 Å². The van der Waals surface area contributed by atoms with Crippen LogP contribution < -0.4 is 5.73 Å². The Morgan fingerprint density at radius 1 is 1.32 bits per heavy atom. The van der Waals surface area contributed by atoms with Gasteiger partial charge in [-0.25, -0.2) is 8.42 Å². The van der Waals surface area contributed by atoms with Gasteiger partial charge in [-0.3, -0.25) is 0 Å². The zero-order valence-electron chi connectivity index (χ0n) is 10.4. The van der Waals surface area contributed by atoms with E-state index < -0.39 is 10.0 Å². The largest absolute Gasteiger partial charge is 0.375 e. The lowest BCUT2D eigenvalue weighted by molar-refractivity contribution is -0.0586. The zero-order chi connectivity index (χ0) is 13.5. The van der Waals surface area contributed by atoms with Crippen molar-refractivity contribution in [2.45, 2.75) is 42.2 Å². The molecule has 1 aromatic rings. The molecule has 2 heterocycles. The molecule has 1 aliphatic heterocycles. The summed E-state index contributed by atoms with van der Waals surface area (Å²) in [5.74, 6) is 0. The molecule has 2 N–H and O–H groups in total. The molecule has 0 amide bonds. The predicted molar refractivity (Wildman–Crippen MR) is 70.2 cm³/mol. The van der Waals surface area contributed by atoms with Gasteiger partial charge >= 0.3 is 0 Å². The van der Waals surface area contributed by atoms with Crippen LogP contribution in [0, 0.1) is 0 Å². The Bertz CT molecular complexity index is 557. The lowest BCUT2D eigenvalue weighted by Gasteiger charge is -2.42. The van der Waals surface area contributed by atoms with Crippen LogP contribution in [0.2, 0.25) is 0 Å². The highest BCUT2D eigenvalue weighted by Gasteiger charge is 2.42. The van der Waals surface area contributed by atoms with Crippen molar-refractivity contribution in [1.82, 2.24) is 14.5 Å². The lowest BCUT2D eigenvalue weighted by atomic mass is 9.91. The van der Waals surface area contributed by atoms with Crippen molar-refractivity contribution in [3.05, 3.63) is 0 Å². The van der Waals surface area contributed by atoms with Crippen LogP contribution in [-0.4, -0.2) is 48.2 Å². The first-order valence-corrected chi connectivity index (χ1v) is 8.57. The number of hydrogen-bond donors (Lipinski definition) is 1. The maximum absolute atomic E-state index is 12.6. The van der Waals surface area contributed by atoms with Gasteiger partial charge in [0.1, 0.15) is 0 Å². The number of aromatic nitrogens is 2. The fraction of sp³-hybridized carbons (Fsp3) is 0.800. The zero-order valence-corrected chi connectivity index (χ0v) is 12.0. The average molecular weight is 304 g/mol. The van der Waals surface area contributed by atoms with Gasteiger partial charge in [0.2, 0.25) is 9.47 Å². The maximum atomic E-state index is 12.6. The number of nitrogens with zero attached hydrogens (tertiary/aromatic N) is 3. The van der Waals surface area contributed by atoms with Crippen molar-refractivity contribution < 1.29 is 13.2 Å². The molecule has 0 bridgehead atoms. The summed E-state index contributed by atoms with van der Waals surface area (Å²) in [5.41, 5.74) is 5.47. The van der Waals surface area contributed by atoms with Crippen LogP contribution in [0.1, 0.15) is 25.7 Å². The number of fused-ring (bicyclic) bond motifs is 1. The molecule has 2 atom stereocenters. The van der Waals surface area contributed by atoms with Crippen LogP contribution in [0.15, 0.2) is 4.34 Å². The van der Waals surface area contributed by atoms with Crippen LogP contribution in [0.3, 0.4) is 0 Å². The molecular weight excluding hydrogens is 288 g/mol. The van der Waals surface area contributed by atoms with Crippen molar-refractivity contribution in [2.75, 3.05) is 18.9 Å². The molecule has 2 unspecified atom stereocenters. The van der Waals surface area contributed by atoms with Crippen LogP contribution in [0.5, 0.6) is 0 Å². The van der Waals surface area contributed by atoms with E-state index in [4.69, 9.17) is 10.5 Å². The molecular formula is C10H16N4O3S2. The van der Waals surface area contributed by atoms with E-state index in [1.54, 1.807) is 0 Å². The predicted octanol–water partition coefficient (Wildman–Crippen LogP) is 0.452. The molecule has 19 heavy (non-hydrogen) atoms. The van der Waals surface area contributed by atoms with Crippen molar-refractivity contribution >= 4 is 26.5 Å². The number of anilines is 1. The minimum Gasteiger partial charge on any atom is -0.375 e. The quantitative estimate of drug-likeness (QED) is 0.852. The molecule has 9 heteroatoms. The monoisotopic (exact) mass is 304 g/mol. The average Bonchev–Trinajstić information content (AvgIpc) is 2.85. The van der Waals surface area contributed by atoms with Gasteiger partial charge in [-0.2, -0.15) is 4.31 Å². The summed E-state index contributed by atoms with van der Waals surface area (Å²) in [7, 11) is -3.59. The molecule has 1 saturated carbocycles. The summed E-state index contributed by atoms with van der Waals surface area (Å²) in [5, 5.41) is 7.44. The molecule has 0 spiro atoms. The van der Waals surface area contributed by atoms with Gasteiger partial charge in [0, 0.05) is 6.54 Å². The van der Waals surface area contributed by atoms with E-state index in [2.05, 4.69) is 10.2 Å². The first kappa shape index (κ1) is 13.2. The van der Waals surface area contributed by atoms with Gasteiger partial charge in [-0.05, 0) is 12.8 Å². The summed E-state index contributed by atoms with van der Waals surface area (Å²) >= 11 is 0.913. The Kier molecular flexibility index (Phi) is 3.46. The van der Waals surface area contributed by atoms with Gasteiger partial charge in [-0.1, -0.05) is 24.2 Å². The molecule has 3 rings (SSSR count). The van der Waals surface area contributed by atoms with Crippen LogP contribution in [0.4, 0.5) is 5.13 Å². The number of nitrogens with two attached hydrogens (primary N) is 1. The fourth-order valence-electron chi connectivity index (χ4n) is 2.78. The highest BCUT2D eigenvalue weighted by molar-refractivity contribution is 7.91. The second kappa shape index (κ2) is 4.97. The van der Waals surface area contributed by atoms with E-state index in [-0.39, 0.29) is 21.6 Å². The van der Waals surface area contributed by atoms with Crippen LogP contribution >= 0.6 is 11.3 Å². The third-order valence-corrected chi connectivity index (χ3v) is 6.66. The summed E-state index contributed by atoms with van der Waals surface area (Å²) in [6, 6.07) is -0.0716. The molecule has 0 radical (unpaired) electrons. The third-order valence-electron chi connectivity index (χ3n) is 3.63. The van der Waals surface area contributed by atoms with Crippen LogP contribution in [-0.2, 0) is 14.8 Å². The highest BCUT2D eigenvalue weighted by Crippen LogP contribution is 2.33. The summed E-state index contributed by atoms with van der Waals surface area (Å²) in [6.07, 6.45) is 3.92. The van der Waals surface area contributed by atoms with Crippen molar-refractivity contribution in [3.63, 3.8) is 0 Å². The van der Waals surface area contributed by atoms with E-state index in [1.807, 2.05) is 0 Å². The van der Waals surface area contributed by atoms with Gasteiger partial charge in [0.15, 0.2) is 0 Å². The second-order valence-electron chi connectivity index (χ2n) is 4.78. The van der Waals surface area contributed by atoms with Gasteiger partial charge in [0.05, 0.1) is 18.8 Å². The highest BCUT2D eigenvalue weighted by atomic mass is 32.2.